The van der Waals surface area contributed by atoms with Crippen LogP contribution in [0.15, 0.2) is 41.3 Å². The van der Waals surface area contributed by atoms with Crippen LogP contribution in [0.4, 0.5) is 11.4 Å². The van der Waals surface area contributed by atoms with Crippen LogP contribution in [0.25, 0.3) is 0 Å². The van der Waals surface area contributed by atoms with Crippen molar-refractivity contribution in [2.75, 3.05) is 10.5 Å². The number of halogens is 2. The lowest BCUT2D eigenvalue weighted by Gasteiger charge is -2.13. The predicted octanol–water partition coefficient (Wildman–Crippen LogP) is 3.68. The number of anilines is 2. The van der Waals surface area contributed by atoms with Gasteiger partial charge in [0.2, 0.25) is 0 Å². The minimum absolute atomic E-state index is 0.0654. The fraction of sp³-hybridized carbons (Fsp3) is 0.0769. The second-order valence-electron chi connectivity index (χ2n) is 4.20. The van der Waals surface area contributed by atoms with Crippen LogP contribution in [-0.2, 0) is 10.0 Å². The highest BCUT2D eigenvalue weighted by molar-refractivity contribution is 7.92. The Bertz CT molecular complexity index is 761. The first-order chi connectivity index (χ1) is 9.31. The van der Waals surface area contributed by atoms with Gasteiger partial charge in [0, 0.05) is 10.0 Å². The number of hydrogen-bond donors (Lipinski definition) is 2. The Morgan fingerprint density at radius 1 is 1.15 bits per heavy atom. The SMILES string of the molecule is Cc1c(Cl)cccc1NS(=O)(=O)c1cc(Cl)ccc1N. The topological polar surface area (TPSA) is 72.2 Å². The highest BCUT2D eigenvalue weighted by Crippen LogP contribution is 2.28. The quantitative estimate of drug-likeness (QED) is 0.843. The Labute approximate surface area is 127 Å². The van der Waals surface area contributed by atoms with E-state index in [1.165, 1.54) is 18.2 Å². The van der Waals surface area contributed by atoms with Crippen LogP contribution < -0.4 is 10.5 Å². The Hall–Kier alpha value is -1.43. The van der Waals surface area contributed by atoms with E-state index in [1.807, 2.05) is 0 Å². The van der Waals surface area contributed by atoms with Gasteiger partial charge >= 0.3 is 0 Å². The normalized spacial score (nSPS) is 11.3. The first-order valence-electron chi connectivity index (χ1n) is 5.64. The maximum Gasteiger partial charge on any atom is 0.264 e. The molecular formula is C13H12Cl2N2O2S. The third-order valence-electron chi connectivity index (χ3n) is 2.78. The first-order valence-corrected chi connectivity index (χ1v) is 7.88. The molecule has 0 bridgehead atoms. The molecule has 2 aromatic carbocycles. The average molecular weight is 331 g/mol. The summed E-state index contributed by atoms with van der Waals surface area (Å²) in [5, 5.41) is 0.770. The number of rotatable bonds is 3. The molecule has 0 saturated heterocycles. The fourth-order valence-electron chi connectivity index (χ4n) is 1.66. The van der Waals surface area contributed by atoms with E-state index in [4.69, 9.17) is 28.9 Å². The lowest BCUT2D eigenvalue weighted by Crippen LogP contribution is -2.15. The molecule has 0 aromatic heterocycles. The van der Waals surface area contributed by atoms with Crippen LogP contribution in [0.1, 0.15) is 5.56 Å². The molecule has 0 aliphatic heterocycles. The highest BCUT2D eigenvalue weighted by atomic mass is 35.5. The van der Waals surface area contributed by atoms with Gasteiger partial charge in [-0.3, -0.25) is 4.72 Å². The van der Waals surface area contributed by atoms with Gasteiger partial charge in [0.25, 0.3) is 10.0 Å². The van der Waals surface area contributed by atoms with Gasteiger partial charge in [-0.25, -0.2) is 8.42 Å². The van der Waals surface area contributed by atoms with Crippen molar-refractivity contribution in [3.63, 3.8) is 0 Å². The Morgan fingerprint density at radius 2 is 1.85 bits per heavy atom. The molecular weight excluding hydrogens is 319 g/mol. The molecule has 0 saturated carbocycles. The molecule has 0 fully saturated rings. The first kappa shape index (κ1) is 15.0. The molecule has 0 aliphatic carbocycles. The highest BCUT2D eigenvalue weighted by Gasteiger charge is 2.19. The molecule has 0 amide bonds. The van der Waals surface area contributed by atoms with Gasteiger partial charge < -0.3 is 5.73 Å². The minimum atomic E-state index is -3.82. The number of benzene rings is 2. The second kappa shape index (κ2) is 5.52. The van der Waals surface area contributed by atoms with E-state index in [-0.39, 0.29) is 10.6 Å². The molecule has 0 spiro atoms. The largest absolute Gasteiger partial charge is 0.398 e. The molecule has 2 rings (SSSR count). The molecule has 0 atom stereocenters. The van der Waals surface area contributed by atoms with Gasteiger partial charge in [-0.15, -0.1) is 0 Å². The summed E-state index contributed by atoms with van der Waals surface area (Å²) >= 11 is 11.8. The van der Waals surface area contributed by atoms with E-state index in [0.29, 0.717) is 21.3 Å². The average Bonchev–Trinajstić information content (AvgIpc) is 2.37. The van der Waals surface area contributed by atoms with Crippen LogP contribution in [0.5, 0.6) is 0 Å². The molecule has 2 aromatic rings. The molecule has 0 aliphatic rings. The van der Waals surface area contributed by atoms with Gasteiger partial charge in [-0.2, -0.15) is 0 Å². The second-order valence-corrected chi connectivity index (χ2v) is 6.69. The third-order valence-corrected chi connectivity index (χ3v) is 4.84. The van der Waals surface area contributed by atoms with Gasteiger partial charge in [-0.05, 0) is 42.8 Å². The maximum atomic E-state index is 12.3. The van der Waals surface area contributed by atoms with E-state index in [2.05, 4.69) is 4.72 Å². The van der Waals surface area contributed by atoms with Crippen molar-refractivity contribution in [1.29, 1.82) is 0 Å². The molecule has 0 radical (unpaired) electrons. The molecule has 0 unspecified atom stereocenters. The lowest BCUT2D eigenvalue weighted by molar-refractivity contribution is 0.601. The van der Waals surface area contributed by atoms with Crippen LogP contribution >= 0.6 is 23.2 Å². The summed E-state index contributed by atoms with van der Waals surface area (Å²) in [6.45, 7) is 1.72. The summed E-state index contributed by atoms with van der Waals surface area (Å²) in [7, 11) is -3.82. The van der Waals surface area contributed by atoms with Crippen LogP contribution in [0, 0.1) is 6.92 Å². The fourth-order valence-corrected chi connectivity index (χ4v) is 3.35. The van der Waals surface area contributed by atoms with Gasteiger partial charge in [0.1, 0.15) is 4.90 Å². The van der Waals surface area contributed by atoms with Crippen LogP contribution in [0.3, 0.4) is 0 Å². The van der Waals surface area contributed by atoms with Crippen molar-refractivity contribution in [2.45, 2.75) is 11.8 Å². The molecule has 0 heterocycles. The lowest BCUT2D eigenvalue weighted by atomic mass is 10.2. The van der Waals surface area contributed by atoms with Crippen molar-refractivity contribution >= 4 is 44.6 Å². The van der Waals surface area contributed by atoms with E-state index in [1.54, 1.807) is 25.1 Å². The number of sulfonamides is 1. The third kappa shape index (κ3) is 3.00. The van der Waals surface area contributed by atoms with Crippen molar-refractivity contribution in [2.24, 2.45) is 0 Å². The van der Waals surface area contributed by atoms with E-state index < -0.39 is 10.0 Å². The van der Waals surface area contributed by atoms with Crippen LogP contribution in [0.2, 0.25) is 10.0 Å². The Kier molecular flexibility index (Phi) is 4.13. The van der Waals surface area contributed by atoms with Crippen molar-refractivity contribution < 1.29 is 8.42 Å². The smallest absolute Gasteiger partial charge is 0.264 e. The van der Waals surface area contributed by atoms with Crippen LogP contribution in [-0.4, -0.2) is 8.42 Å². The molecule has 20 heavy (non-hydrogen) atoms. The van der Waals surface area contributed by atoms with Gasteiger partial charge in [0.05, 0.1) is 11.4 Å². The molecule has 7 heteroatoms. The Morgan fingerprint density at radius 3 is 2.55 bits per heavy atom. The maximum absolute atomic E-state index is 12.3. The van der Waals surface area contributed by atoms with E-state index in [0.717, 1.165) is 0 Å². The summed E-state index contributed by atoms with van der Waals surface area (Å²) in [6.07, 6.45) is 0. The number of nitrogen functional groups attached to an aromatic ring is 1. The van der Waals surface area contributed by atoms with Crippen molar-refractivity contribution in [3.05, 3.63) is 52.0 Å². The van der Waals surface area contributed by atoms with Gasteiger partial charge in [0.15, 0.2) is 0 Å². The summed E-state index contributed by atoms with van der Waals surface area (Å²) < 4.78 is 27.2. The molecule has 106 valence electrons. The van der Waals surface area contributed by atoms with E-state index in [9.17, 15) is 8.42 Å². The zero-order valence-corrected chi connectivity index (χ0v) is 12.9. The standard InChI is InChI=1S/C13H12Cl2N2O2S/c1-8-10(15)3-2-4-12(8)17-20(18,19)13-7-9(14)5-6-11(13)16/h2-7,17H,16H2,1H3. The minimum Gasteiger partial charge on any atom is -0.398 e. The predicted molar refractivity (Wildman–Crippen MR) is 82.9 cm³/mol. The zero-order valence-electron chi connectivity index (χ0n) is 10.5. The van der Waals surface area contributed by atoms with E-state index >= 15 is 0 Å². The Balaban J connectivity index is 2.46. The van der Waals surface area contributed by atoms with Crippen molar-refractivity contribution in [3.8, 4) is 0 Å². The number of nitrogens with two attached hydrogens (primary N) is 1. The van der Waals surface area contributed by atoms with Gasteiger partial charge in [-0.1, -0.05) is 29.3 Å². The zero-order chi connectivity index (χ0) is 14.9. The summed E-state index contributed by atoms with van der Waals surface area (Å²) in [4.78, 5) is -0.0654. The monoisotopic (exact) mass is 330 g/mol. The summed E-state index contributed by atoms with van der Waals surface area (Å²) in [6, 6.07) is 9.25. The van der Waals surface area contributed by atoms with Crippen molar-refractivity contribution in [1.82, 2.24) is 0 Å². The molecule has 3 N–H and O–H groups in total. The number of nitrogens with one attached hydrogen (secondary N) is 1. The summed E-state index contributed by atoms with van der Waals surface area (Å²) in [5.74, 6) is 0. The molecule has 4 nitrogen and oxygen atoms in total. The number of hydrogen-bond acceptors (Lipinski definition) is 3. The summed E-state index contributed by atoms with van der Waals surface area (Å²) in [5.41, 5.74) is 6.86.